The van der Waals surface area contributed by atoms with Crippen LogP contribution in [0.5, 0.6) is 17.2 Å². The normalized spacial score (nSPS) is 12.5. The molecule has 29 heavy (non-hydrogen) atoms. The highest BCUT2D eigenvalue weighted by Gasteiger charge is 2.17. The van der Waals surface area contributed by atoms with Crippen molar-refractivity contribution in [1.82, 2.24) is 4.98 Å². The number of fused-ring (bicyclic) bond motifs is 1. The van der Waals surface area contributed by atoms with Crippen molar-refractivity contribution < 1.29 is 19.0 Å². The van der Waals surface area contributed by atoms with E-state index in [0.29, 0.717) is 58.5 Å². The van der Waals surface area contributed by atoms with E-state index in [-0.39, 0.29) is 12.3 Å². The lowest BCUT2D eigenvalue weighted by Crippen LogP contribution is -2.17. The van der Waals surface area contributed by atoms with Crippen LogP contribution in [0.3, 0.4) is 0 Å². The molecule has 0 fully saturated rings. The first-order valence-corrected chi connectivity index (χ1v) is 10.4. The van der Waals surface area contributed by atoms with Gasteiger partial charge in [0.05, 0.1) is 22.8 Å². The number of ether oxygens (including phenoxy) is 3. The summed E-state index contributed by atoms with van der Waals surface area (Å²) in [5.41, 5.74) is 1.14. The molecule has 0 saturated heterocycles. The van der Waals surface area contributed by atoms with Crippen LogP contribution in [0, 0.1) is 0 Å². The summed E-state index contributed by atoms with van der Waals surface area (Å²) in [5.74, 6) is 1.62. The largest absolute Gasteiger partial charge is 0.486 e. The Morgan fingerprint density at radius 3 is 2.62 bits per heavy atom. The molecular weight excluding hydrogens is 435 g/mol. The molecule has 4 rings (SSSR count). The van der Waals surface area contributed by atoms with Crippen LogP contribution in [-0.2, 0) is 17.8 Å². The summed E-state index contributed by atoms with van der Waals surface area (Å²) >= 11 is 13.5. The van der Waals surface area contributed by atoms with Crippen molar-refractivity contribution in [3.05, 3.63) is 62.5 Å². The fourth-order valence-electron chi connectivity index (χ4n) is 2.69. The van der Waals surface area contributed by atoms with Crippen LogP contribution in [-0.4, -0.2) is 24.1 Å². The van der Waals surface area contributed by atoms with E-state index in [1.165, 1.54) is 11.3 Å². The fourth-order valence-corrected chi connectivity index (χ4v) is 3.72. The Kier molecular flexibility index (Phi) is 6.08. The molecule has 1 aliphatic heterocycles. The standard InChI is InChI=1S/C20H16Cl2N2O4S/c21-12-1-3-14(4-2-12)28-10-20-23-13(11-29-20)7-19(25)24-16-9-18-17(8-15(16)22)26-5-6-27-18/h1-4,8-9,11H,5-7,10H2,(H,24,25). The average molecular weight is 451 g/mol. The molecule has 6 nitrogen and oxygen atoms in total. The summed E-state index contributed by atoms with van der Waals surface area (Å²) in [5, 5.41) is 6.45. The number of hydrogen-bond acceptors (Lipinski definition) is 6. The summed E-state index contributed by atoms with van der Waals surface area (Å²) < 4.78 is 16.7. The molecule has 150 valence electrons. The van der Waals surface area contributed by atoms with Crippen LogP contribution in [0.1, 0.15) is 10.7 Å². The van der Waals surface area contributed by atoms with Crippen molar-refractivity contribution in [1.29, 1.82) is 0 Å². The Morgan fingerprint density at radius 2 is 1.86 bits per heavy atom. The predicted octanol–water partition coefficient (Wildman–Crippen LogP) is 4.98. The van der Waals surface area contributed by atoms with Crippen molar-refractivity contribution in [2.45, 2.75) is 13.0 Å². The molecule has 0 atom stereocenters. The Bertz CT molecular complexity index is 1020. The molecule has 2 heterocycles. The minimum Gasteiger partial charge on any atom is -0.486 e. The van der Waals surface area contributed by atoms with Gasteiger partial charge in [0.25, 0.3) is 0 Å². The number of carbonyl (C=O) groups excluding carboxylic acids is 1. The van der Waals surface area contributed by atoms with Crippen LogP contribution in [0.15, 0.2) is 41.8 Å². The van der Waals surface area contributed by atoms with Crippen molar-refractivity contribution in [2.75, 3.05) is 18.5 Å². The number of nitrogens with one attached hydrogen (secondary N) is 1. The van der Waals surface area contributed by atoms with Crippen LogP contribution in [0.2, 0.25) is 10.0 Å². The second-order valence-electron chi connectivity index (χ2n) is 6.18. The van der Waals surface area contributed by atoms with Gasteiger partial charge in [0.1, 0.15) is 30.6 Å². The molecule has 0 unspecified atom stereocenters. The van der Waals surface area contributed by atoms with E-state index < -0.39 is 0 Å². The lowest BCUT2D eigenvalue weighted by molar-refractivity contribution is -0.115. The highest BCUT2D eigenvalue weighted by molar-refractivity contribution is 7.09. The van der Waals surface area contributed by atoms with Crippen molar-refractivity contribution in [2.24, 2.45) is 0 Å². The number of carbonyl (C=O) groups is 1. The maximum absolute atomic E-state index is 12.4. The molecule has 0 aliphatic carbocycles. The molecule has 1 N–H and O–H groups in total. The van der Waals surface area contributed by atoms with Gasteiger partial charge in [-0.25, -0.2) is 4.98 Å². The van der Waals surface area contributed by atoms with Gasteiger partial charge in [-0.3, -0.25) is 4.79 Å². The molecule has 1 aliphatic rings. The number of amides is 1. The number of thiazole rings is 1. The van der Waals surface area contributed by atoms with Crippen molar-refractivity contribution in [3.8, 4) is 17.2 Å². The molecule has 2 aromatic carbocycles. The second-order valence-corrected chi connectivity index (χ2v) is 7.96. The molecule has 1 amide bonds. The Morgan fingerprint density at radius 1 is 1.14 bits per heavy atom. The fraction of sp³-hybridized carbons (Fsp3) is 0.200. The molecular formula is C20H16Cl2N2O4S. The first-order valence-electron chi connectivity index (χ1n) is 8.77. The SMILES string of the molecule is O=C(Cc1csc(COc2ccc(Cl)cc2)n1)Nc1cc2c(cc1Cl)OCCO2. The van der Waals surface area contributed by atoms with Crippen LogP contribution in [0.25, 0.3) is 0 Å². The number of nitrogens with zero attached hydrogens (tertiary/aromatic N) is 1. The van der Waals surface area contributed by atoms with Crippen LogP contribution in [0.4, 0.5) is 5.69 Å². The van der Waals surface area contributed by atoms with Crippen molar-refractivity contribution >= 4 is 46.1 Å². The zero-order valence-electron chi connectivity index (χ0n) is 15.1. The van der Waals surface area contributed by atoms with Crippen molar-refractivity contribution in [3.63, 3.8) is 0 Å². The summed E-state index contributed by atoms with van der Waals surface area (Å²) in [7, 11) is 0. The summed E-state index contributed by atoms with van der Waals surface area (Å²) in [6.45, 7) is 1.26. The van der Waals surface area contributed by atoms with Crippen LogP contribution >= 0.6 is 34.5 Å². The Hall–Kier alpha value is -2.48. The third-order valence-corrected chi connectivity index (χ3v) is 5.46. The predicted molar refractivity (Wildman–Crippen MR) is 113 cm³/mol. The maximum atomic E-state index is 12.4. The van der Waals surface area contributed by atoms with Gasteiger partial charge in [-0.05, 0) is 24.3 Å². The number of hydrogen-bond donors (Lipinski definition) is 1. The molecule has 1 aromatic heterocycles. The minimum absolute atomic E-state index is 0.127. The van der Waals surface area contributed by atoms with Gasteiger partial charge in [0, 0.05) is 22.5 Å². The van der Waals surface area contributed by atoms with E-state index in [2.05, 4.69) is 10.3 Å². The third-order valence-electron chi connectivity index (χ3n) is 4.02. The highest BCUT2D eigenvalue weighted by atomic mass is 35.5. The zero-order valence-corrected chi connectivity index (χ0v) is 17.4. The van der Waals surface area contributed by atoms with E-state index in [1.54, 1.807) is 36.4 Å². The number of rotatable bonds is 6. The van der Waals surface area contributed by atoms with Gasteiger partial charge in [0.2, 0.25) is 5.91 Å². The zero-order chi connectivity index (χ0) is 20.2. The minimum atomic E-state index is -0.223. The van der Waals surface area contributed by atoms with Gasteiger partial charge in [-0.1, -0.05) is 23.2 Å². The van der Waals surface area contributed by atoms with E-state index in [4.69, 9.17) is 37.4 Å². The quantitative estimate of drug-likeness (QED) is 0.573. The van der Waals surface area contributed by atoms with E-state index in [9.17, 15) is 4.79 Å². The van der Waals surface area contributed by atoms with Gasteiger partial charge < -0.3 is 19.5 Å². The third kappa shape index (κ3) is 5.12. The first kappa shape index (κ1) is 19.8. The van der Waals surface area contributed by atoms with Gasteiger partial charge in [0.15, 0.2) is 11.5 Å². The first-order chi connectivity index (χ1) is 14.1. The average Bonchev–Trinajstić information content (AvgIpc) is 3.15. The molecule has 0 radical (unpaired) electrons. The molecule has 0 bridgehead atoms. The monoisotopic (exact) mass is 450 g/mol. The van der Waals surface area contributed by atoms with Crippen LogP contribution < -0.4 is 19.5 Å². The Balaban J connectivity index is 1.34. The second kappa shape index (κ2) is 8.90. The summed E-state index contributed by atoms with van der Waals surface area (Å²) in [6.07, 6.45) is 0.127. The van der Waals surface area contributed by atoms with E-state index >= 15 is 0 Å². The van der Waals surface area contributed by atoms with Gasteiger partial charge >= 0.3 is 0 Å². The van der Waals surface area contributed by atoms with Gasteiger partial charge in [-0.2, -0.15) is 0 Å². The van der Waals surface area contributed by atoms with Gasteiger partial charge in [-0.15, -0.1) is 11.3 Å². The number of benzene rings is 2. The molecule has 9 heteroatoms. The van der Waals surface area contributed by atoms with E-state index in [1.807, 2.05) is 5.38 Å². The summed E-state index contributed by atoms with van der Waals surface area (Å²) in [6, 6.07) is 10.4. The maximum Gasteiger partial charge on any atom is 0.230 e. The number of halogens is 2. The van der Waals surface area contributed by atoms with E-state index in [0.717, 1.165) is 5.01 Å². The Labute approximate surface area is 181 Å². The molecule has 0 saturated carbocycles. The number of aromatic nitrogens is 1. The summed E-state index contributed by atoms with van der Waals surface area (Å²) in [4.78, 5) is 16.8. The lowest BCUT2D eigenvalue weighted by atomic mass is 10.2. The topological polar surface area (TPSA) is 69.7 Å². The molecule has 3 aromatic rings. The smallest absolute Gasteiger partial charge is 0.230 e. The lowest BCUT2D eigenvalue weighted by Gasteiger charge is -2.19. The number of anilines is 1. The highest BCUT2D eigenvalue weighted by Crippen LogP contribution is 2.38. The molecule has 0 spiro atoms.